The van der Waals surface area contributed by atoms with Crippen LogP contribution in [0, 0.1) is 0 Å². The smallest absolute Gasteiger partial charge is 0.335 e. The van der Waals surface area contributed by atoms with Crippen molar-refractivity contribution in [3.63, 3.8) is 0 Å². The topological polar surface area (TPSA) is 109 Å². The third kappa shape index (κ3) is 3.03. The van der Waals surface area contributed by atoms with Crippen LogP contribution < -0.4 is 4.72 Å². The summed E-state index contributed by atoms with van der Waals surface area (Å²) >= 11 is 5.80. The second-order valence-corrected chi connectivity index (χ2v) is 5.72. The Hall–Kier alpha value is -2.19. The maximum atomic E-state index is 12.1. The summed E-state index contributed by atoms with van der Waals surface area (Å²) in [5.41, 5.74) is -0.186. The second kappa shape index (κ2) is 5.43. The monoisotopic (exact) mass is 313 g/mol. The maximum Gasteiger partial charge on any atom is 0.335 e. The quantitative estimate of drug-likeness (QED) is 0.887. The Morgan fingerprint density at radius 1 is 1.30 bits per heavy atom. The number of hydrogen-bond donors (Lipinski definition) is 2. The van der Waals surface area contributed by atoms with E-state index in [2.05, 4.69) is 14.9 Å². The molecule has 0 atom stereocenters. The largest absolute Gasteiger partial charge is 0.478 e. The van der Waals surface area contributed by atoms with Crippen LogP contribution in [0.4, 0.5) is 5.82 Å². The van der Waals surface area contributed by atoms with Gasteiger partial charge < -0.3 is 5.11 Å². The van der Waals surface area contributed by atoms with Crippen molar-refractivity contribution in [3.8, 4) is 0 Å². The minimum Gasteiger partial charge on any atom is -0.478 e. The van der Waals surface area contributed by atoms with Gasteiger partial charge in [-0.2, -0.15) is 5.10 Å². The van der Waals surface area contributed by atoms with Crippen LogP contribution >= 0.6 is 11.6 Å². The number of hydrogen-bond acceptors (Lipinski definition) is 5. The van der Waals surface area contributed by atoms with Crippen molar-refractivity contribution in [2.24, 2.45) is 0 Å². The minimum atomic E-state index is -4.05. The average Bonchev–Trinajstić information content (AvgIpc) is 2.39. The highest BCUT2D eigenvalue weighted by Gasteiger charge is 2.20. The van der Waals surface area contributed by atoms with Crippen LogP contribution in [0.2, 0.25) is 5.02 Å². The number of benzene rings is 1. The average molecular weight is 314 g/mol. The fourth-order valence-corrected chi connectivity index (χ4v) is 2.91. The van der Waals surface area contributed by atoms with Gasteiger partial charge >= 0.3 is 5.97 Å². The summed E-state index contributed by atoms with van der Waals surface area (Å²) < 4.78 is 26.4. The summed E-state index contributed by atoms with van der Waals surface area (Å²) in [6, 6.07) is 6.30. The van der Waals surface area contributed by atoms with E-state index in [0.29, 0.717) is 0 Å². The molecular formula is C11H8ClN3O4S. The highest BCUT2D eigenvalue weighted by molar-refractivity contribution is 7.92. The Balaban J connectivity index is 2.44. The predicted octanol–water partition coefficient (Wildman–Crippen LogP) is 1.63. The number of carbonyl (C=O) groups is 1. The highest BCUT2D eigenvalue weighted by Crippen LogP contribution is 2.24. The van der Waals surface area contributed by atoms with Crippen LogP contribution in [0.25, 0.3) is 0 Å². The lowest BCUT2D eigenvalue weighted by Crippen LogP contribution is -2.15. The zero-order valence-corrected chi connectivity index (χ0v) is 11.4. The maximum absolute atomic E-state index is 12.1. The Morgan fingerprint density at radius 3 is 2.65 bits per heavy atom. The molecule has 0 spiro atoms. The van der Waals surface area contributed by atoms with E-state index in [4.69, 9.17) is 16.7 Å². The first-order valence-corrected chi connectivity index (χ1v) is 7.09. The molecule has 1 aromatic heterocycles. The van der Waals surface area contributed by atoms with Crippen molar-refractivity contribution in [2.45, 2.75) is 4.90 Å². The number of rotatable bonds is 4. The Kier molecular flexibility index (Phi) is 3.86. The van der Waals surface area contributed by atoms with Gasteiger partial charge in [-0.3, -0.25) is 4.72 Å². The van der Waals surface area contributed by atoms with Gasteiger partial charge in [0, 0.05) is 6.20 Å². The van der Waals surface area contributed by atoms with Gasteiger partial charge in [0.1, 0.15) is 4.90 Å². The molecule has 104 valence electrons. The first kappa shape index (κ1) is 14.2. The summed E-state index contributed by atoms with van der Waals surface area (Å²) in [6.07, 6.45) is 1.38. The molecule has 1 heterocycles. The van der Waals surface area contributed by atoms with E-state index in [0.717, 1.165) is 6.07 Å². The SMILES string of the molecule is O=C(O)c1ccc(Cl)c(S(=O)(=O)Nc2cccnn2)c1. The van der Waals surface area contributed by atoms with E-state index in [-0.39, 0.29) is 21.3 Å². The standard InChI is InChI=1S/C11H8ClN3O4S/c12-8-4-3-7(11(16)17)6-9(8)20(18,19)15-10-2-1-5-13-14-10/h1-6H,(H,14,15)(H,16,17). The van der Waals surface area contributed by atoms with E-state index in [1.54, 1.807) is 0 Å². The third-order valence-corrected chi connectivity index (χ3v) is 4.12. The molecule has 7 nitrogen and oxygen atoms in total. The van der Waals surface area contributed by atoms with E-state index in [1.807, 2.05) is 0 Å². The molecule has 0 aliphatic heterocycles. The zero-order valence-electron chi connectivity index (χ0n) is 9.82. The summed E-state index contributed by atoms with van der Waals surface area (Å²) in [5, 5.41) is 15.9. The molecule has 0 amide bonds. The molecule has 2 aromatic rings. The van der Waals surface area contributed by atoms with Crippen LogP contribution in [0.15, 0.2) is 41.4 Å². The second-order valence-electron chi connectivity index (χ2n) is 3.66. The van der Waals surface area contributed by atoms with Gasteiger partial charge in [-0.15, -0.1) is 5.10 Å². The number of nitrogens with zero attached hydrogens (tertiary/aromatic N) is 2. The Bertz CT molecular complexity index is 750. The minimum absolute atomic E-state index is 0.00398. The van der Waals surface area contributed by atoms with Crippen LogP contribution in [-0.4, -0.2) is 29.7 Å². The molecule has 0 bridgehead atoms. The van der Waals surface area contributed by atoms with Crippen molar-refractivity contribution in [2.75, 3.05) is 4.72 Å². The van der Waals surface area contributed by atoms with Gasteiger partial charge in [0.15, 0.2) is 5.82 Å². The summed E-state index contributed by atoms with van der Waals surface area (Å²) in [7, 11) is -4.05. The number of carboxylic acid groups (broad SMARTS) is 1. The van der Waals surface area contributed by atoms with Crippen LogP contribution in [0.5, 0.6) is 0 Å². The molecule has 9 heteroatoms. The molecule has 0 saturated heterocycles. The highest BCUT2D eigenvalue weighted by atomic mass is 35.5. The van der Waals surface area contributed by atoms with E-state index < -0.39 is 16.0 Å². The Morgan fingerprint density at radius 2 is 2.05 bits per heavy atom. The number of nitrogens with one attached hydrogen (secondary N) is 1. The number of halogens is 1. The van der Waals surface area contributed by atoms with Gasteiger partial charge in [0.25, 0.3) is 10.0 Å². The van der Waals surface area contributed by atoms with Crippen molar-refractivity contribution < 1.29 is 18.3 Å². The molecule has 2 N–H and O–H groups in total. The number of anilines is 1. The molecule has 0 unspecified atom stereocenters. The first-order valence-electron chi connectivity index (χ1n) is 5.23. The number of aromatic carboxylic acids is 1. The van der Waals surface area contributed by atoms with E-state index in [1.165, 1.54) is 30.5 Å². The van der Waals surface area contributed by atoms with Crippen LogP contribution in [0.1, 0.15) is 10.4 Å². The van der Waals surface area contributed by atoms with Crippen molar-refractivity contribution in [3.05, 3.63) is 47.1 Å². The normalized spacial score (nSPS) is 11.1. The molecule has 20 heavy (non-hydrogen) atoms. The van der Waals surface area contributed by atoms with Crippen molar-refractivity contribution in [1.29, 1.82) is 0 Å². The first-order chi connectivity index (χ1) is 9.40. The van der Waals surface area contributed by atoms with Crippen LogP contribution in [0.3, 0.4) is 0 Å². The molecule has 1 aromatic carbocycles. The molecule has 0 fully saturated rings. The fraction of sp³-hybridized carbons (Fsp3) is 0. The van der Waals surface area contributed by atoms with Crippen LogP contribution in [-0.2, 0) is 10.0 Å². The molecule has 0 radical (unpaired) electrons. The summed E-state index contributed by atoms with van der Waals surface area (Å²) in [5.74, 6) is -1.25. The lowest BCUT2D eigenvalue weighted by Gasteiger charge is -2.08. The molecule has 0 saturated carbocycles. The van der Waals surface area contributed by atoms with Crippen molar-refractivity contribution in [1.82, 2.24) is 10.2 Å². The lowest BCUT2D eigenvalue weighted by atomic mass is 10.2. The fourth-order valence-electron chi connectivity index (χ4n) is 1.39. The zero-order chi connectivity index (χ0) is 14.8. The number of carboxylic acids is 1. The van der Waals surface area contributed by atoms with Gasteiger partial charge in [-0.1, -0.05) is 11.6 Å². The number of sulfonamides is 1. The molecule has 0 aliphatic carbocycles. The molecule has 0 aliphatic rings. The predicted molar refractivity (Wildman–Crippen MR) is 71.3 cm³/mol. The summed E-state index contributed by atoms with van der Waals surface area (Å²) in [4.78, 5) is 10.5. The lowest BCUT2D eigenvalue weighted by molar-refractivity contribution is 0.0696. The van der Waals surface area contributed by atoms with Gasteiger partial charge in [0.2, 0.25) is 0 Å². The Labute approximate surface area is 119 Å². The van der Waals surface area contributed by atoms with Gasteiger partial charge in [0.05, 0.1) is 10.6 Å². The van der Waals surface area contributed by atoms with E-state index in [9.17, 15) is 13.2 Å². The van der Waals surface area contributed by atoms with Gasteiger partial charge in [-0.05, 0) is 30.3 Å². The van der Waals surface area contributed by atoms with Gasteiger partial charge in [-0.25, -0.2) is 13.2 Å². The number of aromatic nitrogens is 2. The molecule has 2 rings (SSSR count). The molecular weight excluding hydrogens is 306 g/mol. The van der Waals surface area contributed by atoms with E-state index >= 15 is 0 Å². The third-order valence-electron chi connectivity index (χ3n) is 2.28. The summed E-state index contributed by atoms with van der Waals surface area (Å²) in [6.45, 7) is 0. The van der Waals surface area contributed by atoms with Crippen molar-refractivity contribution >= 4 is 33.4 Å².